The highest BCUT2D eigenvalue weighted by atomic mass is 32.2. The van der Waals surface area contributed by atoms with E-state index >= 15 is 0 Å². The van der Waals surface area contributed by atoms with Crippen LogP contribution in [0.1, 0.15) is 39.5 Å². The van der Waals surface area contributed by atoms with Crippen molar-refractivity contribution in [3.63, 3.8) is 0 Å². The molecule has 1 aliphatic rings. The molecule has 4 rings (SSSR count). The fourth-order valence-electron chi connectivity index (χ4n) is 3.87. The van der Waals surface area contributed by atoms with E-state index in [9.17, 15) is 4.79 Å². The molecule has 176 valence electrons. The Morgan fingerprint density at radius 3 is 2.73 bits per heavy atom. The van der Waals surface area contributed by atoms with Crippen molar-refractivity contribution in [2.75, 3.05) is 30.3 Å². The van der Waals surface area contributed by atoms with Gasteiger partial charge in [0.25, 0.3) is 5.91 Å². The number of hydrogen-bond donors (Lipinski definition) is 1. The predicted molar refractivity (Wildman–Crippen MR) is 132 cm³/mol. The van der Waals surface area contributed by atoms with E-state index in [1.54, 1.807) is 18.7 Å². The van der Waals surface area contributed by atoms with Crippen LogP contribution in [0.2, 0.25) is 0 Å². The van der Waals surface area contributed by atoms with Crippen LogP contribution in [-0.4, -0.2) is 57.1 Å². The lowest BCUT2D eigenvalue weighted by molar-refractivity contribution is -0.127. The normalized spacial score (nSPS) is 14.9. The van der Waals surface area contributed by atoms with Crippen LogP contribution < -0.4 is 15.0 Å². The van der Waals surface area contributed by atoms with Gasteiger partial charge in [-0.2, -0.15) is 5.10 Å². The average Bonchev–Trinajstić information content (AvgIpc) is 3.26. The lowest BCUT2D eigenvalue weighted by atomic mass is 10.1. The van der Waals surface area contributed by atoms with Gasteiger partial charge in [0, 0.05) is 25.4 Å². The Kier molecular flexibility index (Phi) is 8.04. The van der Waals surface area contributed by atoms with Crippen LogP contribution >= 0.6 is 11.8 Å². The van der Waals surface area contributed by atoms with Crippen LogP contribution in [0.4, 0.5) is 5.82 Å². The molecule has 0 spiro atoms. The minimum absolute atomic E-state index is 0.155. The molecule has 1 N–H and O–H groups in total. The molecular formula is C24H32N6O2S. The van der Waals surface area contributed by atoms with Crippen molar-refractivity contribution in [3.05, 3.63) is 36.5 Å². The van der Waals surface area contributed by atoms with Crippen molar-refractivity contribution < 1.29 is 9.53 Å². The van der Waals surface area contributed by atoms with Gasteiger partial charge in [0.05, 0.1) is 18.1 Å². The number of fused-ring (bicyclic) bond motifs is 1. The molecule has 1 fully saturated rings. The third kappa shape index (κ3) is 5.96. The van der Waals surface area contributed by atoms with E-state index in [-0.39, 0.29) is 5.91 Å². The number of benzene rings is 1. The number of aromatic nitrogens is 4. The number of para-hydroxylation sites is 1. The summed E-state index contributed by atoms with van der Waals surface area (Å²) in [5.41, 5.74) is 0.826. The van der Waals surface area contributed by atoms with Gasteiger partial charge >= 0.3 is 0 Å². The van der Waals surface area contributed by atoms with Gasteiger partial charge in [0.15, 0.2) is 16.9 Å². The van der Waals surface area contributed by atoms with Crippen LogP contribution in [0.5, 0.6) is 5.75 Å². The Labute approximate surface area is 199 Å². The third-order valence-corrected chi connectivity index (χ3v) is 6.65. The molecule has 0 saturated carbocycles. The number of ether oxygens (including phenoxy) is 1. The Balaban J connectivity index is 1.44. The molecule has 2 aromatic heterocycles. The standard InChI is InChI=1S/C24H32N6O2S/c1-3-16-33-24-27-21(29-13-8-5-9-14-29)20-17-26-30(22(20)28-24)15-12-25-23(31)18(2)32-19-10-6-4-7-11-19/h4,6-7,10-11,17-18H,3,5,8-9,12-16H2,1-2H3,(H,25,31). The quantitative estimate of drug-likeness (QED) is 0.357. The molecule has 3 aromatic rings. The Hall–Kier alpha value is -2.81. The first-order chi connectivity index (χ1) is 16.2. The van der Waals surface area contributed by atoms with E-state index in [0.29, 0.717) is 18.8 Å². The average molecular weight is 469 g/mol. The molecule has 1 amide bonds. The lowest BCUT2D eigenvalue weighted by Gasteiger charge is -2.28. The smallest absolute Gasteiger partial charge is 0.260 e. The highest BCUT2D eigenvalue weighted by Crippen LogP contribution is 2.29. The second-order valence-electron chi connectivity index (χ2n) is 8.20. The van der Waals surface area contributed by atoms with Crippen molar-refractivity contribution >= 4 is 34.5 Å². The summed E-state index contributed by atoms with van der Waals surface area (Å²) < 4.78 is 7.57. The summed E-state index contributed by atoms with van der Waals surface area (Å²) >= 11 is 1.68. The second kappa shape index (κ2) is 11.4. The number of carbonyl (C=O) groups excluding carboxylic acids is 1. The maximum atomic E-state index is 12.5. The van der Waals surface area contributed by atoms with E-state index in [0.717, 1.165) is 47.3 Å². The molecule has 1 unspecified atom stereocenters. The monoisotopic (exact) mass is 468 g/mol. The van der Waals surface area contributed by atoms with Crippen molar-refractivity contribution in [2.45, 2.75) is 57.3 Å². The number of carbonyl (C=O) groups is 1. The topological polar surface area (TPSA) is 85.2 Å². The summed E-state index contributed by atoms with van der Waals surface area (Å²) in [5, 5.41) is 9.30. The summed E-state index contributed by atoms with van der Waals surface area (Å²) in [6.45, 7) is 6.92. The van der Waals surface area contributed by atoms with Crippen molar-refractivity contribution in [1.82, 2.24) is 25.1 Å². The molecule has 0 bridgehead atoms. The highest BCUT2D eigenvalue weighted by Gasteiger charge is 2.20. The minimum Gasteiger partial charge on any atom is -0.481 e. The number of piperidine rings is 1. The number of nitrogens with one attached hydrogen (secondary N) is 1. The van der Waals surface area contributed by atoms with Gasteiger partial charge in [-0.25, -0.2) is 14.6 Å². The zero-order valence-electron chi connectivity index (χ0n) is 19.4. The number of amides is 1. The molecule has 33 heavy (non-hydrogen) atoms. The number of anilines is 1. The van der Waals surface area contributed by atoms with Crippen LogP contribution in [0.3, 0.4) is 0 Å². The first kappa shape index (κ1) is 23.4. The fourth-order valence-corrected chi connectivity index (χ4v) is 4.56. The van der Waals surface area contributed by atoms with Crippen LogP contribution in [-0.2, 0) is 11.3 Å². The van der Waals surface area contributed by atoms with Crippen molar-refractivity contribution in [2.24, 2.45) is 0 Å². The van der Waals surface area contributed by atoms with Gasteiger partial charge < -0.3 is 15.0 Å². The van der Waals surface area contributed by atoms with Crippen molar-refractivity contribution in [3.8, 4) is 5.75 Å². The van der Waals surface area contributed by atoms with Crippen LogP contribution in [0.25, 0.3) is 11.0 Å². The lowest BCUT2D eigenvalue weighted by Crippen LogP contribution is -2.38. The molecular weight excluding hydrogens is 436 g/mol. The Morgan fingerprint density at radius 2 is 1.97 bits per heavy atom. The van der Waals surface area contributed by atoms with E-state index in [4.69, 9.17) is 14.7 Å². The van der Waals surface area contributed by atoms with E-state index in [1.807, 2.05) is 41.2 Å². The number of thioether (sulfide) groups is 1. The number of rotatable bonds is 10. The maximum absolute atomic E-state index is 12.5. The molecule has 1 aromatic carbocycles. The van der Waals surface area contributed by atoms with Gasteiger partial charge in [-0.1, -0.05) is 36.9 Å². The fraction of sp³-hybridized carbons (Fsp3) is 0.500. The zero-order chi connectivity index (χ0) is 23.0. The molecule has 1 aliphatic heterocycles. The summed E-state index contributed by atoms with van der Waals surface area (Å²) in [6.07, 6.45) is 5.99. The van der Waals surface area contributed by atoms with Crippen LogP contribution in [0.15, 0.2) is 41.7 Å². The zero-order valence-corrected chi connectivity index (χ0v) is 20.2. The maximum Gasteiger partial charge on any atom is 0.260 e. The van der Waals surface area contributed by atoms with E-state index in [2.05, 4.69) is 22.2 Å². The second-order valence-corrected chi connectivity index (χ2v) is 9.26. The van der Waals surface area contributed by atoms with Gasteiger partial charge in [-0.3, -0.25) is 4.79 Å². The van der Waals surface area contributed by atoms with Gasteiger partial charge in [-0.15, -0.1) is 0 Å². The summed E-state index contributed by atoms with van der Waals surface area (Å²) in [5.74, 6) is 2.49. The minimum atomic E-state index is -0.577. The number of hydrogen-bond acceptors (Lipinski definition) is 7. The highest BCUT2D eigenvalue weighted by molar-refractivity contribution is 7.99. The van der Waals surface area contributed by atoms with Gasteiger partial charge in [-0.05, 0) is 44.7 Å². The summed E-state index contributed by atoms with van der Waals surface area (Å²) in [4.78, 5) is 24.5. The number of nitrogens with zero attached hydrogens (tertiary/aromatic N) is 5. The predicted octanol–water partition coefficient (Wildman–Crippen LogP) is 3.90. The van der Waals surface area contributed by atoms with E-state index in [1.165, 1.54) is 19.3 Å². The summed E-state index contributed by atoms with van der Waals surface area (Å²) in [7, 11) is 0. The molecule has 8 nitrogen and oxygen atoms in total. The largest absolute Gasteiger partial charge is 0.481 e. The Morgan fingerprint density at radius 1 is 1.18 bits per heavy atom. The third-order valence-electron chi connectivity index (χ3n) is 5.59. The first-order valence-electron chi connectivity index (χ1n) is 11.8. The SMILES string of the molecule is CCCSc1nc(N2CCCCC2)c2cnn(CCNC(=O)C(C)Oc3ccccc3)c2n1. The molecule has 3 heterocycles. The van der Waals surface area contributed by atoms with E-state index < -0.39 is 6.10 Å². The molecule has 0 radical (unpaired) electrons. The van der Waals surface area contributed by atoms with Crippen molar-refractivity contribution in [1.29, 1.82) is 0 Å². The molecule has 1 atom stereocenters. The molecule has 0 aliphatic carbocycles. The molecule has 9 heteroatoms. The summed E-state index contributed by atoms with van der Waals surface area (Å²) in [6, 6.07) is 9.37. The molecule has 1 saturated heterocycles. The van der Waals surface area contributed by atoms with Gasteiger partial charge in [0.2, 0.25) is 0 Å². The Bertz CT molecular complexity index is 1050. The van der Waals surface area contributed by atoms with Crippen LogP contribution in [0, 0.1) is 0 Å². The first-order valence-corrected chi connectivity index (χ1v) is 12.7. The van der Waals surface area contributed by atoms with Gasteiger partial charge in [0.1, 0.15) is 11.6 Å².